The number of hydrogen-bond donors (Lipinski definition) is 2. The zero-order valence-electron chi connectivity index (χ0n) is 9.52. The summed E-state index contributed by atoms with van der Waals surface area (Å²) in [6.07, 6.45) is 5.15. The molecule has 2 N–H and O–H groups in total. The van der Waals surface area contributed by atoms with Gasteiger partial charge in [-0.1, -0.05) is 13.0 Å². The molecule has 0 aliphatic heterocycles. The second-order valence-electron chi connectivity index (χ2n) is 3.72. The summed E-state index contributed by atoms with van der Waals surface area (Å²) in [5, 5.41) is 11.7. The maximum Gasteiger partial charge on any atom is 0.224 e. The number of aromatic nitrogens is 1. The lowest BCUT2D eigenvalue weighted by atomic mass is 10.1. The van der Waals surface area contributed by atoms with Crippen LogP contribution >= 0.6 is 0 Å². The van der Waals surface area contributed by atoms with E-state index < -0.39 is 0 Å². The number of aliphatic hydroxyl groups is 1. The van der Waals surface area contributed by atoms with Crippen molar-refractivity contribution in [2.24, 2.45) is 0 Å². The molecule has 1 amide bonds. The number of pyridine rings is 1. The van der Waals surface area contributed by atoms with Crippen LogP contribution in [0.25, 0.3) is 0 Å². The summed E-state index contributed by atoms with van der Waals surface area (Å²) in [6, 6.07) is 3.75. The zero-order valence-corrected chi connectivity index (χ0v) is 9.52. The molecule has 1 atom stereocenters. The minimum absolute atomic E-state index is 0.0201. The molecule has 0 aliphatic carbocycles. The van der Waals surface area contributed by atoms with Gasteiger partial charge in [0.25, 0.3) is 0 Å². The highest BCUT2D eigenvalue weighted by Crippen LogP contribution is 2.00. The molecule has 1 aromatic heterocycles. The van der Waals surface area contributed by atoms with E-state index in [1.165, 1.54) is 0 Å². The van der Waals surface area contributed by atoms with Crippen LogP contribution in [-0.2, 0) is 11.2 Å². The number of nitrogens with zero attached hydrogens (tertiary/aromatic N) is 1. The standard InChI is InChI=1S/C12H18N2O2/c1-2-11(5-7-15)14-12(16)8-10-4-3-6-13-9-10/h3-4,6,9,11,15H,2,5,7-8H2,1H3,(H,14,16). The highest BCUT2D eigenvalue weighted by atomic mass is 16.3. The van der Waals surface area contributed by atoms with Crippen molar-refractivity contribution in [3.05, 3.63) is 30.1 Å². The van der Waals surface area contributed by atoms with Crippen LogP contribution in [0.1, 0.15) is 25.3 Å². The molecule has 4 heteroatoms. The summed E-state index contributed by atoms with van der Waals surface area (Å²) in [6.45, 7) is 2.09. The monoisotopic (exact) mass is 222 g/mol. The Morgan fingerprint density at radius 2 is 2.44 bits per heavy atom. The van der Waals surface area contributed by atoms with E-state index in [0.717, 1.165) is 12.0 Å². The normalized spacial score (nSPS) is 12.1. The van der Waals surface area contributed by atoms with Gasteiger partial charge in [0.1, 0.15) is 0 Å². The minimum atomic E-state index is -0.0201. The molecular formula is C12H18N2O2. The van der Waals surface area contributed by atoms with Crippen molar-refractivity contribution in [2.45, 2.75) is 32.2 Å². The Labute approximate surface area is 95.7 Å². The molecular weight excluding hydrogens is 204 g/mol. The number of amides is 1. The Balaban J connectivity index is 2.41. The third kappa shape index (κ3) is 4.40. The van der Waals surface area contributed by atoms with Crippen LogP contribution in [0.5, 0.6) is 0 Å². The fourth-order valence-corrected chi connectivity index (χ4v) is 1.50. The second-order valence-corrected chi connectivity index (χ2v) is 3.72. The van der Waals surface area contributed by atoms with E-state index in [-0.39, 0.29) is 18.6 Å². The van der Waals surface area contributed by atoms with Gasteiger partial charge in [-0.05, 0) is 24.5 Å². The minimum Gasteiger partial charge on any atom is -0.396 e. The summed E-state index contributed by atoms with van der Waals surface area (Å²) >= 11 is 0. The van der Waals surface area contributed by atoms with Crippen molar-refractivity contribution < 1.29 is 9.90 Å². The number of rotatable bonds is 6. The SMILES string of the molecule is CCC(CCO)NC(=O)Cc1cccnc1. The Morgan fingerprint density at radius 3 is 3.00 bits per heavy atom. The number of aliphatic hydroxyl groups excluding tert-OH is 1. The molecule has 0 aromatic carbocycles. The highest BCUT2D eigenvalue weighted by molar-refractivity contribution is 5.78. The van der Waals surface area contributed by atoms with Gasteiger partial charge in [0.15, 0.2) is 0 Å². The molecule has 1 heterocycles. The quantitative estimate of drug-likeness (QED) is 0.751. The molecule has 0 fully saturated rings. The topological polar surface area (TPSA) is 62.2 Å². The molecule has 1 aromatic rings. The van der Waals surface area contributed by atoms with Crippen molar-refractivity contribution >= 4 is 5.91 Å². The molecule has 1 unspecified atom stereocenters. The predicted molar refractivity (Wildman–Crippen MR) is 61.9 cm³/mol. The molecule has 0 saturated carbocycles. The number of nitrogens with one attached hydrogen (secondary N) is 1. The van der Waals surface area contributed by atoms with Crippen molar-refractivity contribution in [2.75, 3.05) is 6.61 Å². The van der Waals surface area contributed by atoms with E-state index in [0.29, 0.717) is 12.8 Å². The lowest BCUT2D eigenvalue weighted by molar-refractivity contribution is -0.121. The smallest absolute Gasteiger partial charge is 0.224 e. The van der Waals surface area contributed by atoms with E-state index in [1.54, 1.807) is 12.4 Å². The van der Waals surface area contributed by atoms with Crippen molar-refractivity contribution in [3.63, 3.8) is 0 Å². The largest absolute Gasteiger partial charge is 0.396 e. The van der Waals surface area contributed by atoms with Gasteiger partial charge >= 0.3 is 0 Å². The second kappa shape index (κ2) is 6.95. The first-order chi connectivity index (χ1) is 7.76. The summed E-state index contributed by atoms with van der Waals surface area (Å²) in [4.78, 5) is 15.6. The maximum atomic E-state index is 11.6. The van der Waals surface area contributed by atoms with Gasteiger partial charge in [-0.3, -0.25) is 9.78 Å². The van der Waals surface area contributed by atoms with Gasteiger partial charge in [-0.15, -0.1) is 0 Å². The van der Waals surface area contributed by atoms with Crippen molar-refractivity contribution in [1.82, 2.24) is 10.3 Å². The molecule has 16 heavy (non-hydrogen) atoms. The van der Waals surface area contributed by atoms with Gasteiger partial charge in [0.2, 0.25) is 5.91 Å². The average molecular weight is 222 g/mol. The molecule has 88 valence electrons. The Kier molecular flexibility index (Phi) is 5.50. The van der Waals surface area contributed by atoms with Gasteiger partial charge in [-0.25, -0.2) is 0 Å². The van der Waals surface area contributed by atoms with Crippen LogP contribution in [0.4, 0.5) is 0 Å². The van der Waals surface area contributed by atoms with Crippen LogP contribution in [-0.4, -0.2) is 28.6 Å². The maximum absolute atomic E-state index is 11.6. The van der Waals surface area contributed by atoms with Gasteiger partial charge < -0.3 is 10.4 Å². The van der Waals surface area contributed by atoms with E-state index >= 15 is 0 Å². The zero-order chi connectivity index (χ0) is 11.8. The summed E-state index contributed by atoms with van der Waals surface area (Å²) in [7, 11) is 0. The summed E-state index contributed by atoms with van der Waals surface area (Å²) in [5.74, 6) is -0.0201. The van der Waals surface area contributed by atoms with E-state index in [2.05, 4.69) is 10.3 Å². The fraction of sp³-hybridized carbons (Fsp3) is 0.500. The van der Waals surface area contributed by atoms with Crippen molar-refractivity contribution in [3.8, 4) is 0 Å². The summed E-state index contributed by atoms with van der Waals surface area (Å²) < 4.78 is 0. The van der Waals surface area contributed by atoms with Crippen molar-refractivity contribution in [1.29, 1.82) is 0 Å². The Morgan fingerprint density at radius 1 is 1.62 bits per heavy atom. The molecule has 0 saturated heterocycles. The fourth-order valence-electron chi connectivity index (χ4n) is 1.50. The van der Waals surface area contributed by atoms with E-state index in [4.69, 9.17) is 5.11 Å². The number of carbonyl (C=O) groups is 1. The third-order valence-electron chi connectivity index (χ3n) is 2.42. The van der Waals surface area contributed by atoms with Gasteiger partial charge in [-0.2, -0.15) is 0 Å². The van der Waals surface area contributed by atoms with Crippen LogP contribution in [0.3, 0.4) is 0 Å². The molecule has 0 aliphatic rings. The lowest BCUT2D eigenvalue weighted by Gasteiger charge is -2.15. The Hall–Kier alpha value is -1.42. The molecule has 0 radical (unpaired) electrons. The van der Waals surface area contributed by atoms with Gasteiger partial charge in [0.05, 0.1) is 6.42 Å². The molecule has 1 rings (SSSR count). The Bertz CT molecular complexity index is 314. The van der Waals surface area contributed by atoms with Crippen LogP contribution in [0, 0.1) is 0 Å². The first kappa shape index (κ1) is 12.6. The average Bonchev–Trinajstić information content (AvgIpc) is 2.29. The number of hydrogen-bond acceptors (Lipinski definition) is 3. The van der Waals surface area contributed by atoms with Gasteiger partial charge in [0, 0.05) is 25.0 Å². The lowest BCUT2D eigenvalue weighted by Crippen LogP contribution is -2.36. The summed E-state index contributed by atoms with van der Waals surface area (Å²) in [5.41, 5.74) is 0.902. The molecule has 0 bridgehead atoms. The predicted octanol–water partition coefficient (Wildman–Crippen LogP) is 0.901. The first-order valence-corrected chi connectivity index (χ1v) is 5.55. The van der Waals surface area contributed by atoms with Crippen LogP contribution < -0.4 is 5.32 Å². The first-order valence-electron chi connectivity index (χ1n) is 5.55. The van der Waals surface area contributed by atoms with Crippen LogP contribution in [0.2, 0.25) is 0 Å². The van der Waals surface area contributed by atoms with E-state index in [1.807, 2.05) is 19.1 Å². The van der Waals surface area contributed by atoms with Crippen LogP contribution in [0.15, 0.2) is 24.5 Å². The highest BCUT2D eigenvalue weighted by Gasteiger charge is 2.10. The number of carbonyl (C=O) groups excluding carboxylic acids is 1. The molecule has 0 spiro atoms. The molecule has 4 nitrogen and oxygen atoms in total. The van der Waals surface area contributed by atoms with E-state index in [9.17, 15) is 4.79 Å². The third-order valence-corrected chi connectivity index (χ3v) is 2.42.